The number of amides is 1. The number of rotatable bonds is 7. The second-order valence-corrected chi connectivity index (χ2v) is 8.08. The molecule has 0 aliphatic heterocycles. The molecule has 2 unspecified atom stereocenters. The zero-order chi connectivity index (χ0) is 22.7. The SMILES string of the molecule is Cc1ccc(C(O)C(O)CCNC(=O)OCC2c3ccccc3-c3ccccc32)c(F)c1. The van der Waals surface area contributed by atoms with Crippen molar-refractivity contribution in [1.29, 1.82) is 0 Å². The third-order valence-electron chi connectivity index (χ3n) is 5.89. The van der Waals surface area contributed by atoms with Crippen LogP contribution in [0, 0.1) is 12.7 Å². The Bertz CT molecular complexity index is 1070. The normalized spacial score (nSPS) is 14.4. The molecule has 4 rings (SSSR count). The van der Waals surface area contributed by atoms with Crippen molar-refractivity contribution in [3.05, 3.63) is 94.8 Å². The van der Waals surface area contributed by atoms with Crippen molar-refractivity contribution in [3.63, 3.8) is 0 Å². The van der Waals surface area contributed by atoms with Crippen LogP contribution in [0.1, 0.15) is 40.7 Å². The standard InChI is InChI=1S/C26H26FNO4/c1-16-10-11-21(23(27)14-16)25(30)24(29)12-13-28-26(31)32-15-22-19-8-4-2-6-17(19)18-7-3-5-9-20(18)22/h2-11,14,22,24-25,29-30H,12-13,15H2,1H3,(H,28,31). The number of hydrogen-bond donors (Lipinski definition) is 3. The minimum absolute atomic E-state index is 0.0317. The largest absolute Gasteiger partial charge is 0.449 e. The van der Waals surface area contributed by atoms with Gasteiger partial charge in [0.05, 0.1) is 6.10 Å². The minimum Gasteiger partial charge on any atom is -0.449 e. The summed E-state index contributed by atoms with van der Waals surface area (Å²) in [4.78, 5) is 12.2. The predicted octanol–water partition coefficient (Wildman–Crippen LogP) is 4.46. The fraction of sp³-hybridized carbons (Fsp3) is 0.269. The lowest BCUT2D eigenvalue weighted by Crippen LogP contribution is -2.30. The summed E-state index contributed by atoms with van der Waals surface area (Å²) in [5.41, 5.74) is 5.31. The molecule has 2 atom stereocenters. The smallest absolute Gasteiger partial charge is 0.407 e. The first kappa shape index (κ1) is 22.0. The van der Waals surface area contributed by atoms with Crippen LogP contribution in [0.3, 0.4) is 0 Å². The van der Waals surface area contributed by atoms with Gasteiger partial charge in [-0.1, -0.05) is 60.7 Å². The molecule has 0 radical (unpaired) electrons. The second-order valence-electron chi connectivity index (χ2n) is 8.08. The predicted molar refractivity (Wildman–Crippen MR) is 120 cm³/mol. The number of carbonyl (C=O) groups is 1. The van der Waals surface area contributed by atoms with Crippen LogP contribution in [0.25, 0.3) is 11.1 Å². The maximum absolute atomic E-state index is 14.0. The van der Waals surface area contributed by atoms with Gasteiger partial charge in [0.25, 0.3) is 0 Å². The fourth-order valence-corrected chi connectivity index (χ4v) is 4.21. The topological polar surface area (TPSA) is 78.8 Å². The molecule has 5 nitrogen and oxygen atoms in total. The Morgan fingerprint density at radius 1 is 1.03 bits per heavy atom. The van der Waals surface area contributed by atoms with Crippen molar-refractivity contribution in [2.45, 2.75) is 31.5 Å². The molecule has 166 valence electrons. The molecule has 0 aromatic heterocycles. The lowest BCUT2D eigenvalue weighted by Gasteiger charge is -2.19. The van der Waals surface area contributed by atoms with E-state index in [-0.39, 0.29) is 31.1 Å². The van der Waals surface area contributed by atoms with Gasteiger partial charge in [-0.05, 0) is 47.2 Å². The second kappa shape index (κ2) is 9.51. The monoisotopic (exact) mass is 435 g/mol. The van der Waals surface area contributed by atoms with Crippen LogP contribution < -0.4 is 5.32 Å². The average Bonchev–Trinajstić information content (AvgIpc) is 3.11. The van der Waals surface area contributed by atoms with Gasteiger partial charge in [-0.25, -0.2) is 9.18 Å². The zero-order valence-electron chi connectivity index (χ0n) is 17.8. The van der Waals surface area contributed by atoms with Crippen LogP contribution in [0.5, 0.6) is 0 Å². The third-order valence-corrected chi connectivity index (χ3v) is 5.89. The van der Waals surface area contributed by atoms with Gasteiger partial charge in [-0.3, -0.25) is 0 Å². The summed E-state index contributed by atoms with van der Waals surface area (Å²) in [7, 11) is 0. The first-order valence-corrected chi connectivity index (χ1v) is 10.7. The molecule has 3 N–H and O–H groups in total. The Morgan fingerprint density at radius 2 is 1.66 bits per heavy atom. The number of hydrogen-bond acceptors (Lipinski definition) is 4. The molecule has 0 saturated heterocycles. The van der Waals surface area contributed by atoms with Crippen LogP contribution in [0.15, 0.2) is 66.7 Å². The molecule has 1 aliphatic carbocycles. The van der Waals surface area contributed by atoms with Crippen LogP contribution in [0.4, 0.5) is 9.18 Å². The van der Waals surface area contributed by atoms with Gasteiger partial charge in [0.1, 0.15) is 18.5 Å². The molecule has 3 aromatic carbocycles. The first-order valence-electron chi connectivity index (χ1n) is 10.7. The molecule has 3 aromatic rings. The number of carbonyl (C=O) groups excluding carboxylic acids is 1. The molecule has 32 heavy (non-hydrogen) atoms. The van der Waals surface area contributed by atoms with E-state index in [1.54, 1.807) is 13.0 Å². The van der Waals surface area contributed by atoms with Crippen molar-refractivity contribution >= 4 is 6.09 Å². The van der Waals surface area contributed by atoms with Gasteiger partial charge in [-0.15, -0.1) is 0 Å². The highest BCUT2D eigenvalue weighted by atomic mass is 19.1. The molecule has 0 bridgehead atoms. The number of aliphatic hydroxyl groups is 2. The van der Waals surface area contributed by atoms with E-state index in [0.29, 0.717) is 0 Å². The highest BCUT2D eigenvalue weighted by Gasteiger charge is 2.29. The van der Waals surface area contributed by atoms with E-state index in [1.807, 2.05) is 36.4 Å². The van der Waals surface area contributed by atoms with Crippen molar-refractivity contribution in [2.24, 2.45) is 0 Å². The minimum atomic E-state index is -1.38. The molecule has 0 saturated carbocycles. The summed E-state index contributed by atoms with van der Waals surface area (Å²) in [6.45, 7) is 2.02. The van der Waals surface area contributed by atoms with Crippen LogP contribution in [-0.2, 0) is 4.74 Å². The van der Waals surface area contributed by atoms with Crippen molar-refractivity contribution in [3.8, 4) is 11.1 Å². The molecule has 1 amide bonds. The van der Waals surface area contributed by atoms with Crippen LogP contribution in [0.2, 0.25) is 0 Å². The lowest BCUT2D eigenvalue weighted by molar-refractivity contribution is 0.0116. The van der Waals surface area contributed by atoms with Gasteiger partial charge in [-0.2, -0.15) is 0 Å². The van der Waals surface area contributed by atoms with E-state index >= 15 is 0 Å². The maximum Gasteiger partial charge on any atom is 0.407 e. The van der Waals surface area contributed by atoms with E-state index in [0.717, 1.165) is 27.8 Å². The molecular weight excluding hydrogens is 409 g/mol. The average molecular weight is 435 g/mol. The zero-order valence-corrected chi connectivity index (χ0v) is 17.8. The number of aryl methyl sites for hydroxylation is 1. The molecule has 1 aliphatic rings. The molecular formula is C26H26FNO4. The number of fused-ring (bicyclic) bond motifs is 3. The highest BCUT2D eigenvalue weighted by Crippen LogP contribution is 2.44. The summed E-state index contributed by atoms with van der Waals surface area (Å²) in [5, 5.41) is 23.0. The summed E-state index contributed by atoms with van der Waals surface area (Å²) in [5.74, 6) is -0.605. The van der Waals surface area contributed by atoms with E-state index in [9.17, 15) is 19.4 Å². The Balaban J connectivity index is 1.29. The van der Waals surface area contributed by atoms with E-state index < -0.39 is 24.1 Å². The van der Waals surface area contributed by atoms with E-state index in [2.05, 4.69) is 17.4 Å². The van der Waals surface area contributed by atoms with Crippen LogP contribution >= 0.6 is 0 Å². The summed E-state index contributed by atoms with van der Waals surface area (Å²) >= 11 is 0. The lowest BCUT2D eigenvalue weighted by atomic mass is 9.98. The summed E-state index contributed by atoms with van der Waals surface area (Å²) in [6, 6.07) is 20.6. The van der Waals surface area contributed by atoms with Crippen LogP contribution in [-0.4, -0.2) is 35.6 Å². The Kier molecular flexibility index (Phi) is 6.53. The molecule has 6 heteroatoms. The Morgan fingerprint density at radius 3 is 2.28 bits per heavy atom. The third kappa shape index (κ3) is 4.52. The van der Waals surface area contributed by atoms with Crippen molar-refractivity contribution in [1.82, 2.24) is 5.32 Å². The van der Waals surface area contributed by atoms with Gasteiger partial charge in [0.2, 0.25) is 0 Å². The van der Waals surface area contributed by atoms with Gasteiger partial charge >= 0.3 is 6.09 Å². The van der Waals surface area contributed by atoms with Crippen molar-refractivity contribution < 1.29 is 24.1 Å². The molecule has 0 fully saturated rings. The quantitative estimate of drug-likeness (QED) is 0.512. The summed E-state index contributed by atoms with van der Waals surface area (Å²) in [6.07, 6.45) is -3.14. The van der Waals surface area contributed by atoms with Crippen molar-refractivity contribution in [2.75, 3.05) is 13.2 Å². The number of alkyl carbamates (subject to hydrolysis) is 1. The van der Waals surface area contributed by atoms with Gasteiger partial charge < -0.3 is 20.3 Å². The Hall–Kier alpha value is -3.22. The number of halogens is 1. The highest BCUT2D eigenvalue weighted by molar-refractivity contribution is 5.79. The molecule has 0 spiro atoms. The fourth-order valence-electron chi connectivity index (χ4n) is 4.21. The first-order chi connectivity index (χ1) is 15.5. The number of ether oxygens (including phenoxy) is 1. The Labute approximate surface area is 186 Å². The van der Waals surface area contributed by atoms with E-state index in [4.69, 9.17) is 4.74 Å². The molecule has 0 heterocycles. The van der Waals surface area contributed by atoms with Gasteiger partial charge in [0.15, 0.2) is 0 Å². The number of benzene rings is 3. The maximum atomic E-state index is 14.0. The summed E-state index contributed by atoms with van der Waals surface area (Å²) < 4.78 is 19.5. The van der Waals surface area contributed by atoms with E-state index in [1.165, 1.54) is 12.1 Å². The number of aliphatic hydroxyl groups excluding tert-OH is 2. The van der Waals surface area contributed by atoms with Gasteiger partial charge in [0, 0.05) is 18.0 Å². The number of nitrogens with one attached hydrogen (secondary N) is 1.